The smallest absolute Gasteiger partial charge is 0.251 e. The zero-order valence-corrected chi connectivity index (χ0v) is 13.2. The third-order valence-electron chi connectivity index (χ3n) is 4.47. The highest BCUT2D eigenvalue weighted by Gasteiger charge is 2.49. The molecule has 0 radical (unpaired) electrons. The first-order valence-corrected chi connectivity index (χ1v) is 7.70. The van der Waals surface area contributed by atoms with Gasteiger partial charge in [0.1, 0.15) is 0 Å². The Labute approximate surface area is 127 Å². The summed E-state index contributed by atoms with van der Waals surface area (Å²) in [7, 11) is 0. The molecule has 1 aromatic rings. The fourth-order valence-corrected chi connectivity index (χ4v) is 2.89. The molecule has 1 aromatic carbocycles. The molecular weight excluding hydrogens is 264 g/mol. The van der Waals surface area contributed by atoms with Crippen molar-refractivity contribution in [1.82, 2.24) is 5.32 Å². The molecule has 2 rings (SSSR count). The summed E-state index contributed by atoms with van der Waals surface area (Å²) in [5.74, 6) is -0.0121. The molecule has 4 heteroatoms. The van der Waals surface area contributed by atoms with E-state index in [0.717, 1.165) is 25.0 Å². The van der Waals surface area contributed by atoms with Crippen LogP contribution in [0.15, 0.2) is 24.3 Å². The lowest BCUT2D eigenvalue weighted by Crippen LogP contribution is -2.62. The molecule has 1 aliphatic rings. The molecular formula is C17H26N2O2. The third kappa shape index (κ3) is 3.44. The first kappa shape index (κ1) is 16.0. The molecule has 21 heavy (non-hydrogen) atoms. The number of hydrogen-bond donors (Lipinski definition) is 2. The standard InChI is InChI=1S/C17H26N2O2/c1-4-21-15-11-14(17(15,2)3)19-16(20)13-7-5-6-12(10-13)8-9-18/h5-7,10,14-15H,4,8-9,11,18H2,1-3H3,(H,19,20). The van der Waals surface area contributed by atoms with Crippen molar-refractivity contribution in [1.29, 1.82) is 0 Å². The molecule has 0 spiro atoms. The molecule has 116 valence electrons. The number of benzene rings is 1. The maximum Gasteiger partial charge on any atom is 0.251 e. The van der Waals surface area contributed by atoms with Gasteiger partial charge in [0.2, 0.25) is 0 Å². The molecule has 0 heterocycles. The zero-order chi connectivity index (χ0) is 15.5. The van der Waals surface area contributed by atoms with Gasteiger partial charge in [0.15, 0.2) is 0 Å². The van der Waals surface area contributed by atoms with Crippen molar-refractivity contribution in [2.45, 2.75) is 45.8 Å². The normalized spacial score (nSPS) is 23.4. The van der Waals surface area contributed by atoms with E-state index >= 15 is 0 Å². The number of nitrogens with two attached hydrogens (primary N) is 1. The lowest BCUT2D eigenvalue weighted by molar-refractivity contribution is -0.111. The number of carbonyl (C=O) groups is 1. The minimum Gasteiger partial charge on any atom is -0.378 e. The van der Waals surface area contributed by atoms with Crippen LogP contribution < -0.4 is 11.1 Å². The monoisotopic (exact) mass is 290 g/mol. The Hall–Kier alpha value is -1.39. The molecule has 2 atom stereocenters. The fourth-order valence-electron chi connectivity index (χ4n) is 2.89. The Morgan fingerprint density at radius 3 is 2.86 bits per heavy atom. The lowest BCUT2D eigenvalue weighted by Gasteiger charge is -2.51. The minimum atomic E-state index is -0.0134. The Morgan fingerprint density at radius 2 is 2.24 bits per heavy atom. The van der Waals surface area contributed by atoms with E-state index < -0.39 is 0 Å². The Balaban J connectivity index is 1.98. The predicted molar refractivity (Wildman–Crippen MR) is 84.3 cm³/mol. The molecule has 2 unspecified atom stereocenters. The maximum atomic E-state index is 12.4. The molecule has 4 nitrogen and oxygen atoms in total. The molecule has 1 fully saturated rings. The maximum absolute atomic E-state index is 12.4. The molecule has 0 bridgehead atoms. The first-order chi connectivity index (χ1) is 9.98. The van der Waals surface area contributed by atoms with Gasteiger partial charge in [-0.3, -0.25) is 4.79 Å². The summed E-state index contributed by atoms with van der Waals surface area (Å²) < 4.78 is 5.70. The largest absolute Gasteiger partial charge is 0.378 e. The summed E-state index contributed by atoms with van der Waals surface area (Å²) in [6, 6.07) is 7.85. The van der Waals surface area contributed by atoms with Crippen LogP contribution >= 0.6 is 0 Å². The minimum absolute atomic E-state index is 0.0121. The SMILES string of the molecule is CCOC1CC(NC(=O)c2cccc(CCN)c2)C1(C)C. The molecule has 1 amide bonds. The van der Waals surface area contributed by atoms with Crippen LogP contribution in [-0.2, 0) is 11.2 Å². The summed E-state index contributed by atoms with van der Waals surface area (Å²) in [5.41, 5.74) is 7.36. The van der Waals surface area contributed by atoms with Crippen LogP contribution in [0.3, 0.4) is 0 Å². The van der Waals surface area contributed by atoms with Gasteiger partial charge in [0.05, 0.1) is 6.10 Å². The quantitative estimate of drug-likeness (QED) is 0.843. The van der Waals surface area contributed by atoms with Gasteiger partial charge >= 0.3 is 0 Å². The van der Waals surface area contributed by atoms with Crippen LogP contribution in [0.2, 0.25) is 0 Å². The average Bonchev–Trinajstić information content (AvgIpc) is 2.46. The summed E-state index contributed by atoms with van der Waals surface area (Å²) in [6.45, 7) is 7.61. The van der Waals surface area contributed by atoms with Crippen LogP contribution in [0.5, 0.6) is 0 Å². The summed E-state index contributed by atoms with van der Waals surface area (Å²) in [6.07, 6.45) is 1.91. The van der Waals surface area contributed by atoms with E-state index in [1.54, 1.807) is 0 Å². The highest BCUT2D eigenvalue weighted by atomic mass is 16.5. The van der Waals surface area contributed by atoms with Gasteiger partial charge in [-0.25, -0.2) is 0 Å². The van der Waals surface area contributed by atoms with E-state index in [1.807, 2.05) is 31.2 Å². The topological polar surface area (TPSA) is 64.3 Å². The fraction of sp³-hybridized carbons (Fsp3) is 0.588. The van der Waals surface area contributed by atoms with Crippen molar-refractivity contribution in [2.24, 2.45) is 11.1 Å². The number of carbonyl (C=O) groups excluding carboxylic acids is 1. The van der Waals surface area contributed by atoms with Crippen molar-refractivity contribution in [3.05, 3.63) is 35.4 Å². The second-order valence-electron chi connectivity index (χ2n) is 6.27. The molecule has 0 aliphatic heterocycles. The van der Waals surface area contributed by atoms with Crippen molar-refractivity contribution in [2.75, 3.05) is 13.2 Å². The van der Waals surface area contributed by atoms with Crippen molar-refractivity contribution in [3.8, 4) is 0 Å². The summed E-state index contributed by atoms with van der Waals surface area (Å²) in [5, 5.41) is 3.13. The van der Waals surface area contributed by atoms with Gasteiger partial charge in [0.25, 0.3) is 5.91 Å². The van der Waals surface area contributed by atoms with E-state index in [9.17, 15) is 4.79 Å². The lowest BCUT2D eigenvalue weighted by atomic mass is 9.64. The van der Waals surface area contributed by atoms with Gasteiger partial charge in [-0.15, -0.1) is 0 Å². The average molecular weight is 290 g/mol. The number of amides is 1. The van der Waals surface area contributed by atoms with E-state index in [4.69, 9.17) is 10.5 Å². The first-order valence-electron chi connectivity index (χ1n) is 7.70. The summed E-state index contributed by atoms with van der Waals surface area (Å²) in [4.78, 5) is 12.4. The van der Waals surface area contributed by atoms with Crippen LogP contribution in [0, 0.1) is 5.41 Å². The van der Waals surface area contributed by atoms with E-state index in [1.165, 1.54) is 0 Å². The Kier molecular flexibility index (Phi) is 5.01. The van der Waals surface area contributed by atoms with Gasteiger partial charge < -0.3 is 15.8 Å². The number of ether oxygens (including phenoxy) is 1. The predicted octanol–water partition coefficient (Wildman–Crippen LogP) is 2.12. The third-order valence-corrected chi connectivity index (χ3v) is 4.47. The van der Waals surface area contributed by atoms with Gasteiger partial charge in [-0.05, 0) is 44.0 Å². The molecule has 0 saturated heterocycles. The molecule has 1 aliphatic carbocycles. The number of nitrogens with one attached hydrogen (secondary N) is 1. The Bertz CT molecular complexity index is 499. The van der Waals surface area contributed by atoms with Crippen molar-refractivity contribution >= 4 is 5.91 Å². The highest BCUT2D eigenvalue weighted by Crippen LogP contribution is 2.42. The second-order valence-corrected chi connectivity index (χ2v) is 6.27. The van der Waals surface area contributed by atoms with Crippen LogP contribution in [0.1, 0.15) is 43.1 Å². The van der Waals surface area contributed by atoms with Crippen LogP contribution in [0.4, 0.5) is 0 Å². The molecule has 1 saturated carbocycles. The van der Waals surface area contributed by atoms with Gasteiger partial charge in [0, 0.05) is 23.6 Å². The Morgan fingerprint density at radius 1 is 1.48 bits per heavy atom. The summed E-state index contributed by atoms with van der Waals surface area (Å²) >= 11 is 0. The van der Waals surface area contributed by atoms with Crippen LogP contribution in [0.25, 0.3) is 0 Å². The van der Waals surface area contributed by atoms with Crippen molar-refractivity contribution < 1.29 is 9.53 Å². The molecule has 3 N–H and O–H groups in total. The van der Waals surface area contributed by atoms with Gasteiger partial charge in [-0.2, -0.15) is 0 Å². The zero-order valence-electron chi connectivity index (χ0n) is 13.2. The number of rotatable bonds is 6. The van der Waals surface area contributed by atoms with Crippen LogP contribution in [-0.4, -0.2) is 31.2 Å². The second kappa shape index (κ2) is 6.58. The highest BCUT2D eigenvalue weighted by molar-refractivity contribution is 5.94. The van der Waals surface area contributed by atoms with E-state index in [2.05, 4.69) is 19.2 Å². The number of hydrogen-bond acceptors (Lipinski definition) is 3. The van der Waals surface area contributed by atoms with Gasteiger partial charge in [-0.1, -0.05) is 26.0 Å². The van der Waals surface area contributed by atoms with E-state index in [-0.39, 0.29) is 23.5 Å². The molecule has 0 aromatic heterocycles. The van der Waals surface area contributed by atoms with Crippen molar-refractivity contribution in [3.63, 3.8) is 0 Å². The van der Waals surface area contributed by atoms with E-state index in [0.29, 0.717) is 12.1 Å².